The lowest BCUT2D eigenvalue weighted by Gasteiger charge is -2.51. The monoisotopic (exact) mass is 385 g/mol. The van der Waals surface area contributed by atoms with Crippen molar-refractivity contribution in [3.8, 4) is 11.5 Å². The van der Waals surface area contributed by atoms with Crippen molar-refractivity contribution in [2.75, 3.05) is 0 Å². The number of fused-ring (bicyclic) bond motifs is 5. The van der Waals surface area contributed by atoms with E-state index < -0.39 is 12.9 Å². The van der Waals surface area contributed by atoms with E-state index in [0.717, 1.165) is 24.6 Å². The molecule has 1 aromatic heterocycles. The third-order valence-corrected chi connectivity index (χ3v) is 7.93. The van der Waals surface area contributed by atoms with Crippen molar-refractivity contribution in [2.24, 2.45) is 18.4 Å². The average Bonchev–Trinajstić information content (AvgIpc) is 2.80. The van der Waals surface area contributed by atoms with E-state index in [0.29, 0.717) is 17.4 Å². The average molecular weight is 385 g/mol. The van der Waals surface area contributed by atoms with Crippen LogP contribution < -0.4 is 5.46 Å². The predicted molar refractivity (Wildman–Crippen MR) is 112 cm³/mol. The first kappa shape index (κ1) is 19.7. The van der Waals surface area contributed by atoms with Gasteiger partial charge in [0.2, 0.25) is 0 Å². The third kappa shape index (κ3) is 2.47. The van der Waals surface area contributed by atoms with Crippen LogP contribution in [0.4, 0.5) is 0 Å². The zero-order valence-electron chi connectivity index (χ0n) is 17.6. The quantitative estimate of drug-likeness (QED) is 0.449. The summed E-state index contributed by atoms with van der Waals surface area (Å²) in [5, 5.41) is 41.6. The van der Waals surface area contributed by atoms with Crippen LogP contribution in [0.25, 0.3) is 10.9 Å². The molecular formula is C22H32BNO4. The number of phenolic OH excluding ortho intramolecular Hbond substituents is 2. The Morgan fingerprint density at radius 2 is 1.79 bits per heavy atom. The molecule has 1 unspecified atom stereocenters. The van der Waals surface area contributed by atoms with Crippen LogP contribution >= 0.6 is 0 Å². The Labute approximate surface area is 167 Å². The maximum atomic E-state index is 10.4. The molecule has 6 heteroatoms. The second-order valence-corrected chi connectivity index (χ2v) is 10.0. The molecule has 1 aromatic carbocycles. The minimum atomic E-state index is -1.85. The van der Waals surface area contributed by atoms with Crippen LogP contribution in [0.1, 0.15) is 77.0 Å². The highest BCUT2D eigenvalue weighted by Gasteiger charge is 2.51. The van der Waals surface area contributed by atoms with Gasteiger partial charge in [-0.15, -0.1) is 0 Å². The summed E-state index contributed by atoms with van der Waals surface area (Å²) in [6, 6.07) is 1.62. The Morgan fingerprint density at radius 1 is 1.11 bits per heavy atom. The molecule has 1 heterocycles. The minimum absolute atomic E-state index is 0.00649. The van der Waals surface area contributed by atoms with Crippen molar-refractivity contribution in [1.29, 1.82) is 0 Å². The molecular weight excluding hydrogens is 353 g/mol. The van der Waals surface area contributed by atoms with Gasteiger partial charge in [0.05, 0.1) is 11.0 Å². The summed E-state index contributed by atoms with van der Waals surface area (Å²) in [6.45, 7) is 9.35. The van der Waals surface area contributed by atoms with Crippen molar-refractivity contribution in [1.82, 2.24) is 4.57 Å². The van der Waals surface area contributed by atoms with Crippen LogP contribution in [0.3, 0.4) is 0 Å². The van der Waals surface area contributed by atoms with Crippen molar-refractivity contribution in [2.45, 2.75) is 71.1 Å². The lowest BCUT2D eigenvalue weighted by Crippen LogP contribution is -2.44. The highest BCUT2D eigenvalue weighted by Crippen LogP contribution is 2.59. The maximum absolute atomic E-state index is 10.4. The molecule has 1 saturated carbocycles. The summed E-state index contributed by atoms with van der Waals surface area (Å²) in [5.41, 5.74) is 3.21. The minimum Gasteiger partial charge on any atom is -0.504 e. The zero-order chi connectivity index (χ0) is 20.6. The van der Waals surface area contributed by atoms with E-state index >= 15 is 0 Å². The molecule has 3 atom stereocenters. The van der Waals surface area contributed by atoms with Gasteiger partial charge in [0.15, 0.2) is 11.5 Å². The van der Waals surface area contributed by atoms with Gasteiger partial charge in [0.25, 0.3) is 0 Å². The van der Waals surface area contributed by atoms with Crippen LogP contribution in [0, 0.1) is 11.3 Å². The molecule has 2 aromatic rings. The Morgan fingerprint density at radius 3 is 2.43 bits per heavy atom. The Hall–Kier alpha value is -1.66. The molecule has 4 N–H and O–H groups in total. The van der Waals surface area contributed by atoms with E-state index in [2.05, 4.69) is 27.7 Å². The van der Waals surface area contributed by atoms with Crippen LogP contribution in [-0.2, 0) is 12.5 Å². The highest BCUT2D eigenvalue weighted by molar-refractivity contribution is 6.63. The summed E-state index contributed by atoms with van der Waals surface area (Å²) < 4.78 is 2.03. The summed E-state index contributed by atoms with van der Waals surface area (Å²) in [4.78, 5) is 0. The molecule has 0 spiro atoms. The normalized spacial score (nSPS) is 29.2. The Kier molecular flexibility index (Phi) is 4.33. The number of rotatable bonds is 1. The highest BCUT2D eigenvalue weighted by atomic mass is 16.4. The van der Waals surface area contributed by atoms with E-state index in [9.17, 15) is 20.3 Å². The van der Waals surface area contributed by atoms with Crippen LogP contribution in [-0.4, -0.2) is 31.9 Å². The number of aryl methyl sites for hydroxylation is 1. The van der Waals surface area contributed by atoms with Gasteiger partial charge in [-0.05, 0) is 60.0 Å². The number of aromatic hydroxyl groups is 2. The number of aromatic nitrogens is 1. The SMILES string of the molecule is CC1CC[C@@H]2C(C)(C)CCC[C@@]2(C)c2c1n(C)c1c(B(O)O)c(O)c(O)cc21. The first-order valence-electron chi connectivity index (χ1n) is 10.4. The number of hydrogen-bond donors (Lipinski definition) is 4. The fourth-order valence-corrected chi connectivity index (χ4v) is 6.75. The fourth-order valence-electron chi connectivity index (χ4n) is 6.75. The van der Waals surface area contributed by atoms with Crippen molar-refractivity contribution in [3.63, 3.8) is 0 Å². The molecule has 0 radical (unpaired) electrons. The molecule has 2 aliphatic rings. The van der Waals surface area contributed by atoms with Crippen LogP contribution in [0.5, 0.6) is 11.5 Å². The molecule has 0 bridgehead atoms. The lowest BCUT2D eigenvalue weighted by molar-refractivity contribution is 0.0505. The first-order chi connectivity index (χ1) is 13.0. The van der Waals surface area contributed by atoms with Gasteiger partial charge in [0.1, 0.15) is 0 Å². The molecule has 152 valence electrons. The van der Waals surface area contributed by atoms with Gasteiger partial charge in [-0.3, -0.25) is 0 Å². The molecule has 0 aliphatic heterocycles. The molecule has 4 rings (SSSR count). The second kappa shape index (κ2) is 6.17. The van der Waals surface area contributed by atoms with Crippen molar-refractivity contribution < 1.29 is 20.3 Å². The summed E-state index contributed by atoms with van der Waals surface area (Å²) >= 11 is 0. The van der Waals surface area contributed by atoms with E-state index in [1.54, 1.807) is 6.07 Å². The molecule has 2 aliphatic carbocycles. The molecule has 1 fully saturated rings. The van der Waals surface area contributed by atoms with Gasteiger partial charge in [-0.2, -0.15) is 0 Å². The van der Waals surface area contributed by atoms with Gasteiger partial charge in [0, 0.05) is 18.1 Å². The molecule has 0 amide bonds. The predicted octanol–water partition coefficient (Wildman–Crippen LogP) is 3.25. The van der Waals surface area contributed by atoms with E-state index in [4.69, 9.17) is 0 Å². The lowest BCUT2D eigenvalue weighted by atomic mass is 9.53. The zero-order valence-corrected chi connectivity index (χ0v) is 17.6. The topological polar surface area (TPSA) is 85.9 Å². The van der Waals surface area contributed by atoms with Crippen LogP contribution in [0.15, 0.2) is 6.07 Å². The van der Waals surface area contributed by atoms with Gasteiger partial charge >= 0.3 is 7.12 Å². The Balaban J connectivity index is 2.14. The fraction of sp³-hybridized carbons (Fsp3) is 0.636. The number of phenols is 2. The van der Waals surface area contributed by atoms with E-state index in [1.807, 2.05) is 11.6 Å². The first-order valence-corrected chi connectivity index (χ1v) is 10.4. The molecule has 0 saturated heterocycles. The third-order valence-electron chi connectivity index (χ3n) is 7.93. The second-order valence-electron chi connectivity index (χ2n) is 10.0. The van der Waals surface area contributed by atoms with Crippen molar-refractivity contribution >= 4 is 23.5 Å². The van der Waals surface area contributed by atoms with E-state index in [1.165, 1.54) is 24.1 Å². The van der Waals surface area contributed by atoms with Crippen LogP contribution in [0.2, 0.25) is 0 Å². The molecule has 5 nitrogen and oxygen atoms in total. The van der Waals surface area contributed by atoms with E-state index in [-0.39, 0.29) is 22.0 Å². The number of hydrogen-bond acceptors (Lipinski definition) is 4. The van der Waals surface area contributed by atoms with Gasteiger partial charge in [-0.25, -0.2) is 0 Å². The number of nitrogens with zero attached hydrogens (tertiary/aromatic N) is 1. The maximum Gasteiger partial charge on any atom is 0.494 e. The summed E-state index contributed by atoms with van der Waals surface area (Å²) in [5.74, 6) is 0.0906. The van der Waals surface area contributed by atoms with Gasteiger partial charge in [-0.1, -0.05) is 34.1 Å². The smallest absolute Gasteiger partial charge is 0.494 e. The van der Waals surface area contributed by atoms with Gasteiger partial charge < -0.3 is 24.8 Å². The largest absolute Gasteiger partial charge is 0.504 e. The summed E-state index contributed by atoms with van der Waals surface area (Å²) in [7, 11) is 0.0890. The molecule has 28 heavy (non-hydrogen) atoms. The van der Waals surface area contributed by atoms with Crippen molar-refractivity contribution in [3.05, 3.63) is 17.3 Å². The number of benzene rings is 1. The Bertz CT molecular complexity index is 948. The summed E-state index contributed by atoms with van der Waals surface area (Å²) in [6.07, 6.45) is 5.70. The standard InChI is InChI=1S/C22H32BNO4/c1-12-7-8-15-21(2,3)9-6-10-22(15,4)16-13-11-14(25)20(26)17(23(27)28)19(13)24(5)18(12)16/h11-12,15,25-28H,6-10H2,1-5H3/t12?,15-,22-/m1/s1.